The summed E-state index contributed by atoms with van der Waals surface area (Å²) < 4.78 is 0. The van der Waals surface area contributed by atoms with Crippen LogP contribution in [-0.2, 0) is 6.42 Å². The maximum Gasteiger partial charge on any atom is 0.274 e. The van der Waals surface area contributed by atoms with Gasteiger partial charge >= 0.3 is 0 Å². The first-order chi connectivity index (χ1) is 9.70. The second kappa shape index (κ2) is 6.73. The maximum absolute atomic E-state index is 11.4. The van der Waals surface area contributed by atoms with Gasteiger partial charge in [0.2, 0.25) is 0 Å². The summed E-state index contributed by atoms with van der Waals surface area (Å²) in [6, 6.07) is 15.5. The molecule has 0 saturated carbocycles. The number of nitrogens with one attached hydrogen (secondary N) is 2. The van der Waals surface area contributed by atoms with Crippen molar-refractivity contribution in [3.63, 3.8) is 0 Å². The lowest BCUT2D eigenvalue weighted by molar-refractivity contribution is 0.0706. The van der Waals surface area contributed by atoms with Crippen LogP contribution >= 0.6 is 0 Å². The summed E-state index contributed by atoms with van der Waals surface area (Å²) in [4.78, 5) is 11.4. The van der Waals surface area contributed by atoms with E-state index in [-0.39, 0.29) is 0 Å². The van der Waals surface area contributed by atoms with Crippen LogP contribution in [0.2, 0.25) is 0 Å². The number of aryl methyl sites for hydroxylation is 1. The highest BCUT2D eigenvalue weighted by Gasteiger charge is 2.06. The zero-order valence-corrected chi connectivity index (χ0v) is 11.4. The minimum atomic E-state index is -0.504. The topological polar surface area (TPSA) is 61.4 Å². The molecule has 4 nitrogen and oxygen atoms in total. The molecule has 1 amide bonds. The molecule has 4 heteroatoms. The van der Waals surface area contributed by atoms with Crippen LogP contribution < -0.4 is 10.8 Å². The number of hydrogen-bond acceptors (Lipinski definition) is 3. The van der Waals surface area contributed by atoms with E-state index in [1.807, 2.05) is 31.2 Å². The molecule has 0 spiro atoms. The second-order valence-electron chi connectivity index (χ2n) is 4.63. The third kappa shape index (κ3) is 3.59. The molecule has 0 bridgehead atoms. The SMILES string of the molecule is Cc1ccc(C(=O)NO)cc1NCCc1ccccc1. The average molecular weight is 270 g/mol. The van der Waals surface area contributed by atoms with E-state index in [4.69, 9.17) is 5.21 Å². The zero-order valence-electron chi connectivity index (χ0n) is 11.4. The van der Waals surface area contributed by atoms with E-state index < -0.39 is 5.91 Å². The summed E-state index contributed by atoms with van der Waals surface area (Å²) in [7, 11) is 0. The van der Waals surface area contributed by atoms with Crippen LogP contribution in [0.1, 0.15) is 21.5 Å². The molecule has 2 aromatic rings. The van der Waals surface area contributed by atoms with Crippen molar-refractivity contribution in [2.24, 2.45) is 0 Å². The van der Waals surface area contributed by atoms with E-state index in [2.05, 4.69) is 17.4 Å². The van der Waals surface area contributed by atoms with E-state index in [1.165, 1.54) is 5.56 Å². The van der Waals surface area contributed by atoms with Gasteiger partial charge in [-0.3, -0.25) is 10.0 Å². The quantitative estimate of drug-likeness (QED) is 0.578. The van der Waals surface area contributed by atoms with Gasteiger partial charge < -0.3 is 5.32 Å². The van der Waals surface area contributed by atoms with E-state index in [0.717, 1.165) is 24.2 Å². The third-order valence-electron chi connectivity index (χ3n) is 3.17. The highest BCUT2D eigenvalue weighted by molar-refractivity contribution is 5.94. The number of rotatable bonds is 5. The molecule has 0 unspecified atom stereocenters. The molecule has 0 heterocycles. The van der Waals surface area contributed by atoms with Crippen molar-refractivity contribution in [2.45, 2.75) is 13.3 Å². The van der Waals surface area contributed by atoms with Gasteiger partial charge in [0, 0.05) is 17.8 Å². The number of carbonyl (C=O) groups is 1. The number of carbonyl (C=O) groups excluding carboxylic acids is 1. The number of benzene rings is 2. The molecular weight excluding hydrogens is 252 g/mol. The molecular formula is C16H18N2O2. The molecule has 0 aliphatic heterocycles. The smallest absolute Gasteiger partial charge is 0.274 e. The summed E-state index contributed by atoms with van der Waals surface area (Å²) in [5, 5.41) is 12.0. The average Bonchev–Trinajstić information content (AvgIpc) is 2.49. The molecule has 3 N–H and O–H groups in total. The molecule has 0 atom stereocenters. The van der Waals surface area contributed by atoms with Gasteiger partial charge in [0.15, 0.2) is 0 Å². The first kappa shape index (κ1) is 14.1. The standard InChI is InChI=1S/C16H18N2O2/c1-12-7-8-14(16(19)18-20)11-15(12)17-10-9-13-5-3-2-4-6-13/h2-8,11,17,20H,9-10H2,1H3,(H,18,19). The minimum absolute atomic E-state index is 0.431. The molecule has 0 aliphatic carbocycles. The summed E-state index contributed by atoms with van der Waals surface area (Å²) >= 11 is 0. The third-order valence-corrected chi connectivity index (χ3v) is 3.17. The highest BCUT2D eigenvalue weighted by atomic mass is 16.5. The Morgan fingerprint density at radius 2 is 1.90 bits per heavy atom. The van der Waals surface area contributed by atoms with Gasteiger partial charge in [-0.1, -0.05) is 36.4 Å². The predicted octanol–water partition coefficient (Wildman–Crippen LogP) is 2.77. The summed E-state index contributed by atoms with van der Waals surface area (Å²) in [6.07, 6.45) is 0.913. The molecule has 0 aromatic heterocycles. The van der Waals surface area contributed by atoms with Crippen LogP contribution in [0.4, 0.5) is 5.69 Å². The number of hydrogen-bond donors (Lipinski definition) is 3. The highest BCUT2D eigenvalue weighted by Crippen LogP contribution is 2.17. The van der Waals surface area contributed by atoms with Gasteiger partial charge in [-0.2, -0.15) is 0 Å². The molecule has 0 aliphatic rings. The fourth-order valence-corrected chi connectivity index (χ4v) is 2.00. The Morgan fingerprint density at radius 1 is 1.15 bits per heavy atom. The van der Waals surface area contributed by atoms with Crippen LogP contribution in [0.5, 0.6) is 0 Å². The Kier molecular flexibility index (Phi) is 4.74. The zero-order chi connectivity index (χ0) is 14.4. The van der Waals surface area contributed by atoms with Crippen LogP contribution in [0, 0.1) is 6.92 Å². The Hall–Kier alpha value is -2.33. The number of hydroxylamine groups is 1. The minimum Gasteiger partial charge on any atom is -0.384 e. The van der Waals surface area contributed by atoms with Crippen LogP contribution in [0.25, 0.3) is 0 Å². The molecule has 0 saturated heterocycles. The van der Waals surface area contributed by atoms with Crippen molar-refractivity contribution in [2.75, 3.05) is 11.9 Å². The normalized spacial score (nSPS) is 10.1. The van der Waals surface area contributed by atoms with E-state index in [9.17, 15) is 4.79 Å². The van der Waals surface area contributed by atoms with Gasteiger partial charge in [-0.15, -0.1) is 0 Å². The first-order valence-corrected chi connectivity index (χ1v) is 6.53. The largest absolute Gasteiger partial charge is 0.384 e. The first-order valence-electron chi connectivity index (χ1n) is 6.53. The Morgan fingerprint density at radius 3 is 2.60 bits per heavy atom. The van der Waals surface area contributed by atoms with Gasteiger partial charge in [-0.25, -0.2) is 5.48 Å². The summed E-state index contributed by atoms with van der Waals surface area (Å²) in [5.74, 6) is -0.504. The van der Waals surface area contributed by atoms with Crippen LogP contribution in [0.15, 0.2) is 48.5 Å². The molecule has 0 radical (unpaired) electrons. The monoisotopic (exact) mass is 270 g/mol. The van der Waals surface area contributed by atoms with Crippen LogP contribution in [-0.4, -0.2) is 17.7 Å². The number of anilines is 1. The van der Waals surface area contributed by atoms with Crippen molar-refractivity contribution in [3.8, 4) is 0 Å². The second-order valence-corrected chi connectivity index (χ2v) is 4.63. The summed E-state index contributed by atoms with van der Waals surface area (Å²) in [6.45, 7) is 2.76. The van der Waals surface area contributed by atoms with Gasteiger partial charge in [0.1, 0.15) is 0 Å². The van der Waals surface area contributed by atoms with Crippen molar-refractivity contribution >= 4 is 11.6 Å². The lowest BCUT2D eigenvalue weighted by Crippen LogP contribution is -2.19. The van der Waals surface area contributed by atoms with Gasteiger partial charge in [0.05, 0.1) is 0 Å². The van der Waals surface area contributed by atoms with E-state index in [0.29, 0.717) is 5.56 Å². The molecule has 104 valence electrons. The maximum atomic E-state index is 11.4. The fourth-order valence-electron chi connectivity index (χ4n) is 2.00. The van der Waals surface area contributed by atoms with E-state index in [1.54, 1.807) is 17.6 Å². The van der Waals surface area contributed by atoms with Crippen molar-refractivity contribution in [1.29, 1.82) is 0 Å². The Bertz CT molecular complexity index is 582. The number of amides is 1. The van der Waals surface area contributed by atoms with Gasteiger partial charge in [-0.05, 0) is 36.6 Å². The van der Waals surface area contributed by atoms with E-state index >= 15 is 0 Å². The Labute approximate surface area is 118 Å². The van der Waals surface area contributed by atoms with Gasteiger partial charge in [0.25, 0.3) is 5.91 Å². The predicted molar refractivity (Wildman–Crippen MR) is 79.1 cm³/mol. The molecule has 20 heavy (non-hydrogen) atoms. The van der Waals surface area contributed by atoms with Crippen molar-refractivity contribution in [3.05, 3.63) is 65.2 Å². The fraction of sp³-hybridized carbons (Fsp3) is 0.188. The molecule has 2 aromatic carbocycles. The molecule has 2 rings (SSSR count). The van der Waals surface area contributed by atoms with Crippen LogP contribution in [0.3, 0.4) is 0 Å². The lowest BCUT2D eigenvalue weighted by atomic mass is 10.1. The van der Waals surface area contributed by atoms with Crippen molar-refractivity contribution in [1.82, 2.24) is 5.48 Å². The lowest BCUT2D eigenvalue weighted by Gasteiger charge is -2.11. The summed E-state index contributed by atoms with van der Waals surface area (Å²) in [5.41, 5.74) is 5.31. The molecule has 0 fully saturated rings. The Balaban J connectivity index is 2.00. The van der Waals surface area contributed by atoms with Crippen molar-refractivity contribution < 1.29 is 10.0 Å².